The smallest absolute Gasteiger partial charge is 0.0767 e. The maximum Gasteiger partial charge on any atom is 0.0767 e. The van der Waals surface area contributed by atoms with Crippen LogP contribution in [0.1, 0.15) is 19.0 Å². The molecule has 5 nitrogen and oxygen atoms in total. The number of nitrogens with zero attached hydrogens (tertiary/aromatic N) is 2. The lowest BCUT2D eigenvalue weighted by molar-refractivity contribution is 0.0967. The summed E-state index contributed by atoms with van der Waals surface area (Å²) in [5, 5.41) is 17.1. The second-order valence-corrected chi connectivity index (χ2v) is 5.41. The number of hydrogen-bond acceptors (Lipinski definition) is 4. The fraction of sp³-hybridized carbons (Fsp3) is 0.438. The monoisotopic (exact) mass is 289 g/mol. The predicted octanol–water partition coefficient (Wildman–Crippen LogP) is 1.75. The lowest BCUT2D eigenvalue weighted by Crippen LogP contribution is -2.46. The van der Waals surface area contributed by atoms with Gasteiger partial charge < -0.3 is 15.2 Å². The van der Waals surface area contributed by atoms with Crippen LogP contribution >= 0.6 is 0 Å². The standard InChI is InChI=1S/C16H23N3O2/c1-16(9-11-20,13-21-2)17-12-14-8-10-19(18-14)15-6-4-3-5-7-15/h3-8,10,17,20H,9,11-13H2,1-2H3. The Morgan fingerprint density at radius 2 is 2.05 bits per heavy atom. The molecule has 0 fully saturated rings. The third kappa shape index (κ3) is 4.39. The molecule has 1 unspecified atom stereocenters. The van der Waals surface area contributed by atoms with E-state index in [-0.39, 0.29) is 12.1 Å². The molecule has 1 aromatic heterocycles. The normalized spacial score (nSPS) is 14.0. The molecule has 114 valence electrons. The lowest BCUT2D eigenvalue weighted by atomic mass is 9.99. The maximum atomic E-state index is 9.16. The Kier molecular flexibility index (Phi) is 5.50. The highest BCUT2D eigenvalue weighted by Gasteiger charge is 2.23. The average Bonchev–Trinajstić information content (AvgIpc) is 2.96. The predicted molar refractivity (Wildman–Crippen MR) is 82.4 cm³/mol. The Balaban J connectivity index is 1.99. The Labute approximate surface area is 125 Å². The summed E-state index contributed by atoms with van der Waals surface area (Å²) in [6.07, 6.45) is 2.59. The van der Waals surface area contributed by atoms with Crippen molar-refractivity contribution in [1.29, 1.82) is 0 Å². The van der Waals surface area contributed by atoms with E-state index in [1.54, 1.807) is 7.11 Å². The Morgan fingerprint density at radius 3 is 2.71 bits per heavy atom. The molecule has 0 bridgehead atoms. The van der Waals surface area contributed by atoms with Crippen molar-refractivity contribution in [2.75, 3.05) is 20.3 Å². The first-order chi connectivity index (χ1) is 10.2. The second kappa shape index (κ2) is 7.36. The van der Waals surface area contributed by atoms with Crippen molar-refractivity contribution >= 4 is 0 Å². The van der Waals surface area contributed by atoms with Crippen molar-refractivity contribution < 1.29 is 9.84 Å². The molecule has 1 aromatic carbocycles. The highest BCUT2D eigenvalue weighted by atomic mass is 16.5. The first-order valence-corrected chi connectivity index (χ1v) is 7.12. The van der Waals surface area contributed by atoms with Crippen LogP contribution in [-0.2, 0) is 11.3 Å². The van der Waals surface area contributed by atoms with Crippen molar-refractivity contribution in [3.63, 3.8) is 0 Å². The summed E-state index contributed by atoms with van der Waals surface area (Å²) in [6.45, 7) is 3.36. The fourth-order valence-electron chi connectivity index (χ4n) is 2.26. The zero-order valence-electron chi connectivity index (χ0n) is 12.6. The van der Waals surface area contributed by atoms with Gasteiger partial charge in [0, 0.05) is 32.0 Å². The van der Waals surface area contributed by atoms with Crippen molar-refractivity contribution in [1.82, 2.24) is 15.1 Å². The van der Waals surface area contributed by atoms with Gasteiger partial charge in [-0.05, 0) is 31.5 Å². The average molecular weight is 289 g/mol. The van der Waals surface area contributed by atoms with Gasteiger partial charge in [-0.15, -0.1) is 0 Å². The lowest BCUT2D eigenvalue weighted by Gasteiger charge is -2.29. The molecule has 0 aliphatic heterocycles. The van der Waals surface area contributed by atoms with Crippen LogP contribution in [-0.4, -0.2) is 40.7 Å². The van der Waals surface area contributed by atoms with Crippen LogP contribution in [0.15, 0.2) is 42.6 Å². The molecule has 0 aliphatic carbocycles. The molecule has 2 aromatic rings. The van der Waals surface area contributed by atoms with Crippen LogP contribution in [0.25, 0.3) is 5.69 Å². The highest BCUT2D eigenvalue weighted by molar-refractivity contribution is 5.30. The van der Waals surface area contributed by atoms with E-state index in [9.17, 15) is 0 Å². The van der Waals surface area contributed by atoms with E-state index in [4.69, 9.17) is 9.84 Å². The van der Waals surface area contributed by atoms with Gasteiger partial charge in [0.1, 0.15) is 0 Å². The van der Waals surface area contributed by atoms with Crippen LogP contribution < -0.4 is 5.32 Å². The van der Waals surface area contributed by atoms with Crippen LogP contribution in [0.5, 0.6) is 0 Å². The fourth-order valence-corrected chi connectivity index (χ4v) is 2.26. The number of rotatable bonds is 8. The summed E-state index contributed by atoms with van der Waals surface area (Å²) in [5.41, 5.74) is 1.75. The Bertz CT molecular complexity index is 533. The first-order valence-electron chi connectivity index (χ1n) is 7.12. The van der Waals surface area contributed by atoms with Crippen LogP contribution in [0.3, 0.4) is 0 Å². The molecule has 0 saturated carbocycles. The molecule has 1 heterocycles. The Morgan fingerprint density at radius 1 is 1.29 bits per heavy atom. The highest BCUT2D eigenvalue weighted by Crippen LogP contribution is 2.12. The second-order valence-electron chi connectivity index (χ2n) is 5.41. The van der Waals surface area contributed by atoms with E-state index in [0.29, 0.717) is 19.6 Å². The van der Waals surface area contributed by atoms with Crippen LogP contribution in [0.2, 0.25) is 0 Å². The molecule has 1 atom stereocenters. The van der Waals surface area contributed by atoms with E-state index in [0.717, 1.165) is 11.4 Å². The number of aliphatic hydroxyl groups excluding tert-OH is 1. The number of nitrogens with one attached hydrogen (secondary N) is 1. The molecular weight excluding hydrogens is 266 g/mol. The molecule has 2 rings (SSSR count). The van der Waals surface area contributed by atoms with Gasteiger partial charge in [-0.25, -0.2) is 4.68 Å². The van der Waals surface area contributed by atoms with Crippen molar-refractivity contribution in [3.8, 4) is 5.69 Å². The molecule has 0 radical (unpaired) electrons. The third-order valence-electron chi connectivity index (χ3n) is 3.49. The van der Waals surface area contributed by atoms with Gasteiger partial charge in [-0.1, -0.05) is 18.2 Å². The third-order valence-corrected chi connectivity index (χ3v) is 3.49. The van der Waals surface area contributed by atoms with E-state index in [2.05, 4.69) is 10.4 Å². The van der Waals surface area contributed by atoms with Gasteiger partial charge in [0.15, 0.2) is 0 Å². The SMILES string of the molecule is COCC(C)(CCO)NCc1ccn(-c2ccccc2)n1. The zero-order chi connectivity index (χ0) is 15.1. The van der Waals surface area contributed by atoms with E-state index in [1.165, 1.54) is 0 Å². The Hall–Kier alpha value is -1.69. The summed E-state index contributed by atoms with van der Waals surface area (Å²) in [7, 11) is 1.67. The summed E-state index contributed by atoms with van der Waals surface area (Å²) < 4.78 is 7.08. The minimum absolute atomic E-state index is 0.130. The number of hydrogen-bond donors (Lipinski definition) is 2. The van der Waals surface area contributed by atoms with Gasteiger partial charge in [0.2, 0.25) is 0 Å². The van der Waals surface area contributed by atoms with Gasteiger partial charge >= 0.3 is 0 Å². The maximum absolute atomic E-state index is 9.16. The molecule has 2 N–H and O–H groups in total. The van der Waals surface area contributed by atoms with Crippen molar-refractivity contribution in [3.05, 3.63) is 48.3 Å². The van der Waals surface area contributed by atoms with E-state index < -0.39 is 0 Å². The number of ether oxygens (including phenoxy) is 1. The summed E-state index contributed by atoms with van der Waals surface area (Å²) in [6, 6.07) is 12.0. The number of benzene rings is 1. The molecule has 0 amide bonds. The zero-order valence-corrected chi connectivity index (χ0v) is 12.6. The topological polar surface area (TPSA) is 59.3 Å². The minimum Gasteiger partial charge on any atom is -0.396 e. The van der Waals surface area contributed by atoms with E-state index >= 15 is 0 Å². The van der Waals surface area contributed by atoms with Crippen molar-refractivity contribution in [2.24, 2.45) is 0 Å². The molecule has 0 saturated heterocycles. The first kappa shape index (κ1) is 15.7. The van der Waals surface area contributed by atoms with E-state index in [1.807, 2.05) is 54.2 Å². The summed E-state index contributed by atoms with van der Waals surface area (Å²) in [5.74, 6) is 0. The number of methoxy groups -OCH3 is 1. The van der Waals surface area contributed by atoms with Crippen molar-refractivity contribution in [2.45, 2.75) is 25.4 Å². The largest absolute Gasteiger partial charge is 0.396 e. The summed E-state index contributed by atoms with van der Waals surface area (Å²) in [4.78, 5) is 0. The molecule has 0 aliphatic rings. The quantitative estimate of drug-likeness (QED) is 0.777. The number of aliphatic hydroxyl groups is 1. The van der Waals surface area contributed by atoms with Crippen LogP contribution in [0.4, 0.5) is 0 Å². The minimum atomic E-state index is -0.250. The molecular formula is C16H23N3O2. The molecule has 0 spiro atoms. The van der Waals surface area contributed by atoms with Crippen LogP contribution in [0, 0.1) is 0 Å². The van der Waals surface area contributed by atoms with Gasteiger partial charge in [0.25, 0.3) is 0 Å². The van der Waals surface area contributed by atoms with Gasteiger partial charge in [-0.2, -0.15) is 5.10 Å². The van der Waals surface area contributed by atoms with Gasteiger partial charge in [0.05, 0.1) is 18.0 Å². The van der Waals surface area contributed by atoms with Gasteiger partial charge in [-0.3, -0.25) is 0 Å². The number of para-hydroxylation sites is 1. The number of aromatic nitrogens is 2. The molecule has 5 heteroatoms. The summed E-state index contributed by atoms with van der Waals surface area (Å²) >= 11 is 0. The molecule has 21 heavy (non-hydrogen) atoms.